The molecule has 6 nitrogen and oxygen atoms in total. The highest BCUT2D eigenvalue weighted by molar-refractivity contribution is 6.04. The van der Waals surface area contributed by atoms with Crippen LogP contribution in [-0.4, -0.2) is 47.0 Å². The molecular formula is C22H22FN5O. The van der Waals surface area contributed by atoms with E-state index in [0.29, 0.717) is 5.69 Å². The lowest BCUT2D eigenvalue weighted by molar-refractivity contribution is 0.102. The van der Waals surface area contributed by atoms with Gasteiger partial charge in [0.1, 0.15) is 11.6 Å². The van der Waals surface area contributed by atoms with Gasteiger partial charge in [0.25, 0.3) is 5.91 Å². The number of aromatic nitrogens is 2. The second kappa shape index (κ2) is 8.79. The zero-order valence-corrected chi connectivity index (χ0v) is 16.0. The molecule has 29 heavy (non-hydrogen) atoms. The highest BCUT2D eigenvalue weighted by atomic mass is 19.1. The van der Waals surface area contributed by atoms with E-state index in [1.165, 1.54) is 23.8 Å². The van der Waals surface area contributed by atoms with Crippen molar-refractivity contribution in [2.45, 2.75) is 6.54 Å². The fourth-order valence-electron chi connectivity index (χ4n) is 3.36. The molecule has 0 spiro atoms. The number of hydrogen-bond donors (Lipinski definition) is 1. The summed E-state index contributed by atoms with van der Waals surface area (Å²) in [5, 5.41) is 2.75. The molecule has 148 valence electrons. The Bertz CT molecular complexity index is 956. The Hall–Kier alpha value is -3.32. The van der Waals surface area contributed by atoms with E-state index in [-0.39, 0.29) is 11.5 Å². The van der Waals surface area contributed by atoms with Gasteiger partial charge in [-0.3, -0.25) is 14.7 Å². The fourth-order valence-corrected chi connectivity index (χ4v) is 3.36. The first kappa shape index (κ1) is 19.0. The molecule has 1 fully saturated rings. The van der Waals surface area contributed by atoms with Gasteiger partial charge >= 0.3 is 0 Å². The molecule has 3 aromatic rings. The Balaban J connectivity index is 1.31. The molecule has 2 aromatic heterocycles. The number of piperazine rings is 1. The Labute approximate surface area is 169 Å². The minimum Gasteiger partial charge on any atom is -0.354 e. The SMILES string of the molecule is O=C(Nc1ccc(N2CCN(Cc3ccncc3)CC2)nc1)c1cccc(F)c1. The van der Waals surface area contributed by atoms with Crippen molar-refractivity contribution in [3.63, 3.8) is 0 Å². The summed E-state index contributed by atoms with van der Waals surface area (Å²) < 4.78 is 13.3. The van der Waals surface area contributed by atoms with Gasteiger partial charge in [-0.15, -0.1) is 0 Å². The van der Waals surface area contributed by atoms with Crippen LogP contribution >= 0.6 is 0 Å². The molecular weight excluding hydrogens is 369 g/mol. The standard InChI is InChI=1S/C22H22FN5O/c23-19-3-1-2-18(14-19)22(29)26-20-4-5-21(25-15-20)28-12-10-27(11-13-28)16-17-6-8-24-9-7-17/h1-9,14-15H,10-13,16H2,(H,26,29). The Kier molecular flexibility index (Phi) is 5.76. The molecule has 0 unspecified atom stereocenters. The molecule has 0 atom stereocenters. The van der Waals surface area contributed by atoms with Crippen LogP contribution in [0.2, 0.25) is 0 Å². The highest BCUT2D eigenvalue weighted by Crippen LogP contribution is 2.18. The van der Waals surface area contributed by atoms with Crippen molar-refractivity contribution in [1.82, 2.24) is 14.9 Å². The molecule has 4 rings (SSSR count). The summed E-state index contributed by atoms with van der Waals surface area (Å²) in [5.74, 6) is 0.0929. The molecule has 0 radical (unpaired) electrons. The Morgan fingerprint density at radius 3 is 2.52 bits per heavy atom. The van der Waals surface area contributed by atoms with Gasteiger partial charge in [-0.1, -0.05) is 6.07 Å². The molecule has 1 aromatic carbocycles. The quantitative estimate of drug-likeness (QED) is 0.724. The van der Waals surface area contributed by atoms with E-state index in [0.717, 1.165) is 38.5 Å². The van der Waals surface area contributed by atoms with Crippen molar-refractivity contribution in [2.75, 3.05) is 36.4 Å². The van der Waals surface area contributed by atoms with Gasteiger partial charge in [0.05, 0.1) is 11.9 Å². The van der Waals surface area contributed by atoms with Gasteiger partial charge in [-0.05, 0) is 48.0 Å². The molecule has 3 heterocycles. The number of pyridine rings is 2. The minimum atomic E-state index is -0.436. The maximum atomic E-state index is 13.3. The minimum absolute atomic E-state index is 0.277. The van der Waals surface area contributed by atoms with Crippen molar-refractivity contribution >= 4 is 17.4 Å². The van der Waals surface area contributed by atoms with Gasteiger partial charge in [-0.2, -0.15) is 0 Å². The number of nitrogens with one attached hydrogen (secondary N) is 1. The van der Waals surface area contributed by atoms with Gasteiger partial charge in [0.2, 0.25) is 0 Å². The number of rotatable bonds is 5. The number of halogens is 1. The van der Waals surface area contributed by atoms with Gasteiger partial charge in [-0.25, -0.2) is 9.37 Å². The summed E-state index contributed by atoms with van der Waals surface area (Å²) in [5.41, 5.74) is 2.13. The molecule has 0 bridgehead atoms. The smallest absolute Gasteiger partial charge is 0.255 e. The third-order valence-corrected chi connectivity index (χ3v) is 4.94. The number of anilines is 2. The maximum Gasteiger partial charge on any atom is 0.255 e. The fraction of sp³-hybridized carbons (Fsp3) is 0.227. The predicted molar refractivity (Wildman–Crippen MR) is 110 cm³/mol. The van der Waals surface area contributed by atoms with Crippen molar-refractivity contribution in [2.24, 2.45) is 0 Å². The van der Waals surface area contributed by atoms with Gasteiger partial charge in [0, 0.05) is 50.7 Å². The van der Waals surface area contributed by atoms with Crippen molar-refractivity contribution in [3.05, 3.63) is 84.1 Å². The lowest BCUT2D eigenvalue weighted by Crippen LogP contribution is -2.46. The second-order valence-electron chi connectivity index (χ2n) is 6.99. The van der Waals surface area contributed by atoms with Gasteiger partial charge < -0.3 is 10.2 Å². The van der Waals surface area contributed by atoms with E-state index in [9.17, 15) is 9.18 Å². The number of carbonyl (C=O) groups is 1. The van der Waals surface area contributed by atoms with E-state index < -0.39 is 5.82 Å². The van der Waals surface area contributed by atoms with Crippen LogP contribution in [0.25, 0.3) is 0 Å². The molecule has 1 aliphatic heterocycles. The lowest BCUT2D eigenvalue weighted by Gasteiger charge is -2.35. The summed E-state index contributed by atoms with van der Waals surface area (Å²) in [4.78, 5) is 25.4. The molecule has 1 aliphatic rings. The molecule has 0 saturated carbocycles. The zero-order chi connectivity index (χ0) is 20.1. The third-order valence-electron chi connectivity index (χ3n) is 4.94. The van der Waals surface area contributed by atoms with Crippen LogP contribution in [0.15, 0.2) is 67.1 Å². The van der Waals surface area contributed by atoms with Crippen LogP contribution in [0.5, 0.6) is 0 Å². The summed E-state index contributed by atoms with van der Waals surface area (Å²) in [6.07, 6.45) is 5.28. The van der Waals surface area contributed by atoms with Crippen molar-refractivity contribution in [3.8, 4) is 0 Å². The molecule has 1 amide bonds. The zero-order valence-electron chi connectivity index (χ0n) is 16.0. The van der Waals surface area contributed by atoms with E-state index in [1.54, 1.807) is 12.3 Å². The monoisotopic (exact) mass is 391 g/mol. The van der Waals surface area contributed by atoms with E-state index >= 15 is 0 Å². The van der Waals surface area contributed by atoms with E-state index in [4.69, 9.17) is 0 Å². The van der Waals surface area contributed by atoms with Crippen LogP contribution in [0, 0.1) is 5.82 Å². The Morgan fingerprint density at radius 1 is 1.03 bits per heavy atom. The van der Waals surface area contributed by atoms with Crippen LogP contribution < -0.4 is 10.2 Å². The second-order valence-corrected chi connectivity index (χ2v) is 6.99. The highest BCUT2D eigenvalue weighted by Gasteiger charge is 2.18. The summed E-state index contributed by atoms with van der Waals surface area (Å²) in [6.45, 7) is 4.64. The first-order valence-corrected chi connectivity index (χ1v) is 9.56. The van der Waals surface area contributed by atoms with Crippen molar-refractivity contribution < 1.29 is 9.18 Å². The first-order valence-electron chi connectivity index (χ1n) is 9.56. The Morgan fingerprint density at radius 2 is 1.83 bits per heavy atom. The summed E-state index contributed by atoms with van der Waals surface area (Å²) in [6, 6.07) is 13.4. The predicted octanol–water partition coefficient (Wildman–Crippen LogP) is 3.19. The van der Waals surface area contributed by atoms with E-state index in [1.807, 2.05) is 36.7 Å². The normalized spacial score (nSPS) is 14.6. The topological polar surface area (TPSA) is 61.4 Å². The van der Waals surface area contributed by atoms with Crippen molar-refractivity contribution in [1.29, 1.82) is 0 Å². The first-order chi connectivity index (χ1) is 14.2. The number of carbonyl (C=O) groups excluding carboxylic acids is 1. The van der Waals surface area contributed by atoms with E-state index in [2.05, 4.69) is 25.1 Å². The van der Waals surface area contributed by atoms with Crippen LogP contribution in [0.3, 0.4) is 0 Å². The molecule has 1 N–H and O–H groups in total. The average Bonchev–Trinajstić information content (AvgIpc) is 2.76. The molecule has 0 aliphatic carbocycles. The van der Waals surface area contributed by atoms with Crippen LogP contribution in [-0.2, 0) is 6.54 Å². The number of amides is 1. The number of hydrogen-bond acceptors (Lipinski definition) is 5. The summed E-state index contributed by atoms with van der Waals surface area (Å²) >= 11 is 0. The average molecular weight is 391 g/mol. The largest absolute Gasteiger partial charge is 0.354 e. The third kappa shape index (κ3) is 4.94. The van der Waals surface area contributed by atoms with Crippen LogP contribution in [0.4, 0.5) is 15.9 Å². The number of benzene rings is 1. The summed E-state index contributed by atoms with van der Waals surface area (Å²) in [7, 11) is 0. The molecule has 1 saturated heterocycles. The van der Waals surface area contributed by atoms with Gasteiger partial charge in [0.15, 0.2) is 0 Å². The lowest BCUT2D eigenvalue weighted by atomic mass is 10.2. The number of nitrogens with zero attached hydrogens (tertiary/aromatic N) is 4. The van der Waals surface area contributed by atoms with Crippen LogP contribution in [0.1, 0.15) is 15.9 Å². The maximum absolute atomic E-state index is 13.3. The molecule has 7 heteroatoms.